The summed E-state index contributed by atoms with van der Waals surface area (Å²) in [5.74, 6) is 0. The summed E-state index contributed by atoms with van der Waals surface area (Å²) in [6.45, 7) is 4.87. The Kier molecular flexibility index (Phi) is 4.16. The molecular formula is C12H18N2O. The largest absolute Gasteiger partial charge is 0.352 e. The number of nitrogens with one attached hydrogen (secondary N) is 1. The van der Waals surface area contributed by atoms with Crippen molar-refractivity contribution in [2.24, 2.45) is 5.73 Å². The molecule has 0 fully saturated rings. The monoisotopic (exact) mass is 206 g/mol. The fraction of sp³-hybridized carbons (Fsp3) is 0.417. The van der Waals surface area contributed by atoms with Gasteiger partial charge in [0.1, 0.15) is 0 Å². The highest BCUT2D eigenvalue weighted by atomic mass is 16.2. The maximum absolute atomic E-state index is 10.5. The highest BCUT2D eigenvalue weighted by molar-refractivity contribution is 5.71. The van der Waals surface area contributed by atoms with Gasteiger partial charge in [0, 0.05) is 6.54 Å². The Balaban J connectivity index is 2.47. The zero-order valence-electron chi connectivity index (χ0n) is 9.34. The van der Waals surface area contributed by atoms with Gasteiger partial charge in [-0.1, -0.05) is 18.2 Å². The van der Waals surface area contributed by atoms with Crippen molar-refractivity contribution < 1.29 is 4.79 Å². The molecule has 0 saturated heterocycles. The van der Waals surface area contributed by atoms with E-state index in [4.69, 9.17) is 5.73 Å². The van der Waals surface area contributed by atoms with Crippen molar-refractivity contribution >= 4 is 6.03 Å². The molecule has 0 heterocycles. The van der Waals surface area contributed by atoms with Gasteiger partial charge in [0.2, 0.25) is 0 Å². The molecule has 1 aromatic rings. The van der Waals surface area contributed by atoms with E-state index in [-0.39, 0.29) is 0 Å². The Morgan fingerprint density at radius 3 is 2.47 bits per heavy atom. The van der Waals surface area contributed by atoms with Crippen molar-refractivity contribution in [3.8, 4) is 0 Å². The molecule has 0 aliphatic heterocycles. The third kappa shape index (κ3) is 3.62. The zero-order chi connectivity index (χ0) is 11.3. The molecule has 0 aliphatic rings. The fourth-order valence-corrected chi connectivity index (χ4v) is 1.72. The van der Waals surface area contributed by atoms with E-state index in [1.54, 1.807) is 0 Å². The molecule has 3 nitrogen and oxygen atoms in total. The Labute approximate surface area is 90.7 Å². The summed E-state index contributed by atoms with van der Waals surface area (Å²) in [6, 6.07) is 5.85. The van der Waals surface area contributed by atoms with Crippen molar-refractivity contribution in [1.29, 1.82) is 0 Å². The van der Waals surface area contributed by atoms with Gasteiger partial charge in [-0.2, -0.15) is 0 Å². The first-order valence-corrected chi connectivity index (χ1v) is 5.19. The number of amides is 2. The van der Waals surface area contributed by atoms with Crippen molar-refractivity contribution in [3.63, 3.8) is 0 Å². The fourth-order valence-electron chi connectivity index (χ4n) is 1.72. The summed E-state index contributed by atoms with van der Waals surface area (Å²) in [4.78, 5) is 10.5. The highest BCUT2D eigenvalue weighted by Gasteiger charge is 2.01. The molecule has 0 spiro atoms. The van der Waals surface area contributed by atoms with Crippen molar-refractivity contribution in [3.05, 3.63) is 34.9 Å². The van der Waals surface area contributed by atoms with Crippen molar-refractivity contribution in [2.75, 3.05) is 6.54 Å². The first-order chi connectivity index (χ1) is 7.11. The predicted octanol–water partition coefficient (Wildman–Crippen LogP) is 1.90. The van der Waals surface area contributed by atoms with Gasteiger partial charge in [-0.15, -0.1) is 0 Å². The number of urea groups is 1. The lowest BCUT2D eigenvalue weighted by molar-refractivity contribution is 0.249. The second-order valence-corrected chi connectivity index (χ2v) is 3.76. The Morgan fingerprint density at radius 1 is 1.33 bits per heavy atom. The molecule has 1 rings (SSSR count). The molecule has 3 heteroatoms. The maximum atomic E-state index is 10.5. The van der Waals surface area contributed by atoms with E-state index in [1.807, 2.05) is 0 Å². The average molecular weight is 206 g/mol. The van der Waals surface area contributed by atoms with E-state index in [9.17, 15) is 4.79 Å². The molecular weight excluding hydrogens is 188 g/mol. The van der Waals surface area contributed by atoms with Gasteiger partial charge >= 0.3 is 6.03 Å². The summed E-state index contributed by atoms with van der Waals surface area (Å²) in [6.07, 6.45) is 1.91. The summed E-state index contributed by atoms with van der Waals surface area (Å²) >= 11 is 0. The van der Waals surface area contributed by atoms with Crippen LogP contribution >= 0.6 is 0 Å². The molecule has 0 radical (unpaired) electrons. The van der Waals surface area contributed by atoms with Crippen LogP contribution in [0.5, 0.6) is 0 Å². The lowest BCUT2D eigenvalue weighted by atomic mass is 9.99. The zero-order valence-corrected chi connectivity index (χ0v) is 9.34. The van der Waals surface area contributed by atoms with E-state index in [0.717, 1.165) is 12.8 Å². The van der Waals surface area contributed by atoms with Crippen LogP contribution in [0.3, 0.4) is 0 Å². The number of benzene rings is 1. The first kappa shape index (κ1) is 11.6. The van der Waals surface area contributed by atoms with E-state index < -0.39 is 6.03 Å². The van der Waals surface area contributed by atoms with Gasteiger partial charge in [-0.25, -0.2) is 4.79 Å². The number of hydrogen-bond acceptors (Lipinski definition) is 1. The summed E-state index contributed by atoms with van der Waals surface area (Å²) in [5.41, 5.74) is 8.99. The van der Waals surface area contributed by atoms with Crippen molar-refractivity contribution in [2.45, 2.75) is 26.7 Å². The quantitative estimate of drug-likeness (QED) is 0.726. The average Bonchev–Trinajstić information content (AvgIpc) is 2.15. The van der Waals surface area contributed by atoms with Gasteiger partial charge in [0.05, 0.1) is 0 Å². The number of primary amides is 1. The first-order valence-electron chi connectivity index (χ1n) is 5.19. The number of hydrogen-bond donors (Lipinski definition) is 2. The topological polar surface area (TPSA) is 55.1 Å². The number of rotatable bonds is 4. The summed E-state index contributed by atoms with van der Waals surface area (Å²) in [5, 5.41) is 2.59. The molecule has 0 unspecified atom stereocenters. The molecule has 0 aromatic heterocycles. The van der Waals surface area contributed by atoms with Gasteiger partial charge in [0.25, 0.3) is 0 Å². The summed E-state index contributed by atoms with van der Waals surface area (Å²) < 4.78 is 0. The van der Waals surface area contributed by atoms with Crippen molar-refractivity contribution in [1.82, 2.24) is 5.32 Å². The SMILES string of the molecule is Cc1cccc(C)c1CCCNC(N)=O. The molecule has 0 saturated carbocycles. The maximum Gasteiger partial charge on any atom is 0.312 e. The van der Waals surface area contributed by atoms with Crippen LogP contribution in [-0.4, -0.2) is 12.6 Å². The number of carbonyl (C=O) groups excluding carboxylic acids is 1. The third-order valence-electron chi connectivity index (χ3n) is 2.55. The highest BCUT2D eigenvalue weighted by Crippen LogP contribution is 2.14. The molecule has 15 heavy (non-hydrogen) atoms. The molecule has 1 aromatic carbocycles. The smallest absolute Gasteiger partial charge is 0.312 e. The molecule has 2 amide bonds. The van der Waals surface area contributed by atoms with Crippen LogP contribution < -0.4 is 11.1 Å². The van der Waals surface area contributed by atoms with Crippen LogP contribution in [0.25, 0.3) is 0 Å². The minimum atomic E-state index is -0.448. The van der Waals surface area contributed by atoms with Gasteiger partial charge in [-0.3, -0.25) is 0 Å². The standard InChI is InChI=1S/C12H18N2O/c1-9-5-3-6-10(2)11(9)7-4-8-14-12(13)15/h3,5-6H,4,7-8H2,1-2H3,(H3,13,14,15). The Hall–Kier alpha value is -1.51. The molecule has 0 bridgehead atoms. The number of nitrogens with two attached hydrogens (primary N) is 1. The van der Waals surface area contributed by atoms with Crippen LogP contribution in [-0.2, 0) is 6.42 Å². The van der Waals surface area contributed by atoms with Crippen LogP contribution in [0.4, 0.5) is 4.79 Å². The van der Waals surface area contributed by atoms with E-state index in [1.165, 1.54) is 16.7 Å². The second-order valence-electron chi connectivity index (χ2n) is 3.76. The van der Waals surface area contributed by atoms with Crippen LogP contribution in [0.2, 0.25) is 0 Å². The lowest BCUT2D eigenvalue weighted by Crippen LogP contribution is -2.30. The molecule has 0 atom stereocenters. The number of aryl methyl sites for hydroxylation is 2. The lowest BCUT2D eigenvalue weighted by Gasteiger charge is -2.09. The van der Waals surface area contributed by atoms with Crippen LogP contribution in [0, 0.1) is 13.8 Å². The minimum Gasteiger partial charge on any atom is -0.352 e. The predicted molar refractivity (Wildman–Crippen MR) is 61.8 cm³/mol. The van der Waals surface area contributed by atoms with Crippen LogP contribution in [0.15, 0.2) is 18.2 Å². The van der Waals surface area contributed by atoms with E-state index in [0.29, 0.717) is 6.54 Å². The third-order valence-corrected chi connectivity index (χ3v) is 2.55. The molecule has 0 aliphatic carbocycles. The Bertz CT molecular complexity index is 327. The summed E-state index contributed by atoms with van der Waals surface area (Å²) in [7, 11) is 0. The molecule has 3 N–H and O–H groups in total. The minimum absolute atomic E-state index is 0.448. The normalized spacial score (nSPS) is 10.0. The van der Waals surface area contributed by atoms with Gasteiger partial charge in [-0.05, 0) is 43.4 Å². The van der Waals surface area contributed by atoms with E-state index >= 15 is 0 Å². The Morgan fingerprint density at radius 2 is 1.93 bits per heavy atom. The van der Waals surface area contributed by atoms with Gasteiger partial charge < -0.3 is 11.1 Å². The van der Waals surface area contributed by atoms with E-state index in [2.05, 4.69) is 37.4 Å². The van der Waals surface area contributed by atoms with Crippen LogP contribution in [0.1, 0.15) is 23.1 Å². The molecule has 82 valence electrons. The second kappa shape index (κ2) is 5.39. The number of carbonyl (C=O) groups is 1. The van der Waals surface area contributed by atoms with Gasteiger partial charge in [0.15, 0.2) is 0 Å².